The maximum absolute atomic E-state index is 12.6. The number of aromatic nitrogens is 2. The summed E-state index contributed by atoms with van der Waals surface area (Å²) >= 11 is 0. The number of amides is 1. The number of piperidine rings is 1. The van der Waals surface area contributed by atoms with E-state index >= 15 is 0 Å². The van der Waals surface area contributed by atoms with Crippen molar-refractivity contribution in [3.63, 3.8) is 0 Å². The molecule has 2 fully saturated rings. The Morgan fingerprint density at radius 1 is 1.19 bits per heavy atom. The van der Waals surface area contributed by atoms with Crippen LogP contribution in [0.4, 0.5) is 0 Å². The van der Waals surface area contributed by atoms with E-state index in [-0.39, 0.29) is 12.0 Å². The van der Waals surface area contributed by atoms with Crippen molar-refractivity contribution in [3.05, 3.63) is 41.5 Å². The molecule has 31 heavy (non-hydrogen) atoms. The van der Waals surface area contributed by atoms with Gasteiger partial charge < -0.3 is 23.6 Å². The molecule has 0 saturated carbocycles. The van der Waals surface area contributed by atoms with Crippen LogP contribution in [0.5, 0.6) is 5.75 Å². The van der Waals surface area contributed by atoms with Gasteiger partial charge in [-0.15, -0.1) is 0 Å². The Bertz CT molecular complexity index is 841. The van der Waals surface area contributed by atoms with Gasteiger partial charge in [-0.1, -0.05) is 17.3 Å². The van der Waals surface area contributed by atoms with E-state index in [2.05, 4.69) is 10.1 Å². The first-order valence-electron chi connectivity index (χ1n) is 11.1. The van der Waals surface area contributed by atoms with Crippen molar-refractivity contribution in [3.8, 4) is 5.75 Å². The monoisotopic (exact) mass is 429 g/mol. The Balaban J connectivity index is 1.16. The van der Waals surface area contributed by atoms with Gasteiger partial charge in [-0.05, 0) is 43.4 Å². The quantitative estimate of drug-likeness (QED) is 0.638. The van der Waals surface area contributed by atoms with E-state index in [9.17, 15) is 4.79 Å². The lowest BCUT2D eigenvalue weighted by atomic mass is 10.0. The molecule has 1 aromatic heterocycles. The molecule has 0 spiro atoms. The largest absolute Gasteiger partial charge is 0.497 e. The van der Waals surface area contributed by atoms with Gasteiger partial charge in [-0.25, -0.2) is 0 Å². The first kappa shape index (κ1) is 21.8. The van der Waals surface area contributed by atoms with Gasteiger partial charge in [0.15, 0.2) is 5.82 Å². The normalized spacial score (nSPS) is 18.3. The number of benzene rings is 1. The van der Waals surface area contributed by atoms with E-state index < -0.39 is 0 Å². The minimum Gasteiger partial charge on any atom is -0.497 e. The van der Waals surface area contributed by atoms with Crippen molar-refractivity contribution < 1.29 is 23.5 Å². The van der Waals surface area contributed by atoms with Crippen molar-refractivity contribution in [2.45, 2.75) is 50.5 Å². The lowest BCUT2D eigenvalue weighted by Gasteiger charge is -2.32. The lowest BCUT2D eigenvalue weighted by Crippen LogP contribution is -2.41. The van der Waals surface area contributed by atoms with Crippen LogP contribution in [-0.2, 0) is 27.1 Å². The van der Waals surface area contributed by atoms with E-state index in [1.807, 2.05) is 29.2 Å². The highest BCUT2D eigenvalue weighted by atomic mass is 16.5. The van der Waals surface area contributed by atoms with Gasteiger partial charge in [-0.2, -0.15) is 4.98 Å². The van der Waals surface area contributed by atoms with Crippen LogP contribution in [0.3, 0.4) is 0 Å². The van der Waals surface area contributed by atoms with Crippen molar-refractivity contribution in [1.82, 2.24) is 15.0 Å². The predicted octanol–water partition coefficient (Wildman–Crippen LogP) is 2.77. The van der Waals surface area contributed by atoms with E-state index in [4.69, 9.17) is 18.7 Å². The molecule has 168 valence electrons. The number of ether oxygens (including phenoxy) is 3. The maximum Gasteiger partial charge on any atom is 0.229 e. The minimum absolute atomic E-state index is 0.152. The van der Waals surface area contributed by atoms with Crippen LogP contribution < -0.4 is 4.74 Å². The fraction of sp³-hybridized carbons (Fsp3) is 0.609. The highest BCUT2D eigenvalue weighted by Crippen LogP contribution is 2.25. The number of nitrogens with zero attached hydrogens (tertiary/aromatic N) is 3. The molecule has 1 aromatic carbocycles. The summed E-state index contributed by atoms with van der Waals surface area (Å²) in [4.78, 5) is 19.1. The van der Waals surface area contributed by atoms with E-state index in [0.29, 0.717) is 31.2 Å². The standard InChI is InChI=1S/C23H31N3O5/c1-28-20-4-2-3-17(15-20)16-22(27)26-10-5-19(6-11-26)30-14-9-21-24-23(31-25-21)18-7-12-29-13-8-18/h2-4,15,18-19H,5-14,16H2,1H3. The highest BCUT2D eigenvalue weighted by Gasteiger charge is 2.24. The SMILES string of the molecule is COc1cccc(CC(=O)N2CCC(OCCc3noc(C4CCOCC4)n3)CC2)c1. The van der Waals surface area contributed by atoms with Gasteiger partial charge >= 0.3 is 0 Å². The molecule has 8 nitrogen and oxygen atoms in total. The molecule has 2 aliphatic heterocycles. The van der Waals surface area contributed by atoms with Crippen molar-refractivity contribution in [1.29, 1.82) is 0 Å². The number of hydrogen-bond acceptors (Lipinski definition) is 7. The molecule has 2 aliphatic rings. The van der Waals surface area contributed by atoms with Crippen molar-refractivity contribution >= 4 is 5.91 Å². The molecular formula is C23H31N3O5. The summed E-state index contributed by atoms with van der Waals surface area (Å²) in [6.45, 7) is 3.53. The average molecular weight is 430 g/mol. The molecule has 0 aliphatic carbocycles. The number of rotatable bonds is 8. The third kappa shape index (κ3) is 6.04. The summed E-state index contributed by atoms with van der Waals surface area (Å²) in [6, 6.07) is 7.68. The fourth-order valence-electron chi connectivity index (χ4n) is 4.14. The lowest BCUT2D eigenvalue weighted by molar-refractivity contribution is -0.133. The Kier molecular flexibility index (Phi) is 7.53. The molecule has 0 atom stereocenters. The fourth-order valence-corrected chi connectivity index (χ4v) is 4.14. The second-order valence-electron chi connectivity index (χ2n) is 8.16. The molecule has 0 radical (unpaired) electrons. The molecule has 2 aromatic rings. The van der Waals surface area contributed by atoms with Gasteiger partial charge in [0.25, 0.3) is 0 Å². The number of hydrogen-bond donors (Lipinski definition) is 0. The minimum atomic E-state index is 0.152. The average Bonchev–Trinajstić information content (AvgIpc) is 3.29. The third-order valence-electron chi connectivity index (χ3n) is 6.02. The second kappa shape index (κ2) is 10.7. The molecule has 1 amide bonds. The zero-order valence-electron chi connectivity index (χ0n) is 18.1. The second-order valence-corrected chi connectivity index (χ2v) is 8.16. The maximum atomic E-state index is 12.6. The first-order chi connectivity index (χ1) is 15.2. The predicted molar refractivity (Wildman–Crippen MR) is 113 cm³/mol. The molecule has 8 heteroatoms. The smallest absolute Gasteiger partial charge is 0.229 e. The van der Waals surface area contributed by atoms with Gasteiger partial charge in [0, 0.05) is 38.6 Å². The van der Waals surface area contributed by atoms with Crippen LogP contribution >= 0.6 is 0 Å². The number of carbonyl (C=O) groups is 1. The van der Waals surface area contributed by atoms with Crippen LogP contribution in [0, 0.1) is 0 Å². The summed E-state index contributed by atoms with van der Waals surface area (Å²) in [7, 11) is 1.63. The van der Waals surface area contributed by atoms with E-state index in [1.165, 1.54) is 0 Å². The Labute approximate surface area is 182 Å². The zero-order valence-corrected chi connectivity index (χ0v) is 18.1. The Morgan fingerprint density at radius 2 is 2.00 bits per heavy atom. The molecule has 0 unspecified atom stereocenters. The first-order valence-corrected chi connectivity index (χ1v) is 11.1. The van der Waals surface area contributed by atoms with Crippen molar-refractivity contribution in [2.75, 3.05) is 40.0 Å². The highest BCUT2D eigenvalue weighted by molar-refractivity contribution is 5.79. The number of likely N-dealkylation sites (tertiary alicyclic amines) is 1. The van der Waals surface area contributed by atoms with E-state index in [1.54, 1.807) is 7.11 Å². The van der Waals surface area contributed by atoms with Gasteiger partial charge in [-0.3, -0.25) is 4.79 Å². The van der Waals surface area contributed by atoms with Gasteiger partial charge in [0.05, 0.1) is 26.2 Å². The van der Waals surface area contributed by atoms with E-state index in [0.717, 1.165) is 69.2 Å². The topological polar surface area (TPSA) is 86.9 Å². The molecule has 2 saturated heterocycles. The molecule has 0 bridgehead atoms. The number of carbonyl (C=O) groups excluding carboxylic acids is 1. The number of methoxy groups -OCH3 is 1. The Hall–Kier alpha value is -2.45. The zero-order chi connectivity index (χ0) is 21.5. The van der Waals surface area contributed by atoms with Crippen LogP contribution in [0.1, 0.15) is 48.9 Å². The van der Waals surface area contributed by atoms with Gasteiger partial charge in [0.2, 0.25) is 11.8 Å². The third-order valence-corrected chi connectivity index (χ3v) is 6.02. The van der Waals surface area contributed by atoms with Crippen LogP contribution in [0.15, 0.2) is 28.8 Å². The molecular weight excluding hydrogens is 398 g/mol. The van der Waals surface area contributed by atoms with Crippen LogP contribution in [0.2, 0.25) is 0 Å². The molecule has 4 rings (SSSR count). The summed E-state index contributed by atoms with van der Waals surface area (Å²) in [5.41, 5.74) is 0.975. The van der Waals surface area contributed by atoms with Crippen LogP contribution in [-0.4, -0.2) is 67.1 Å². The van der Waals surface area contributed by atoms with Crippen molar-refractivity contribution in [2.24, 2.45) is 0 Å². The molecule has 0 N–H and O–H groups in total. The Morgan fingerprint density at radius 3 is 2.77 bits per heavy atom. The summed E-state index contributed by atoms with van der Waals surface area (Å²) in [5.74, 6) is 2.67. The summed E-state index contributed by atoms with van der Waals surface area (Å²) in [6.07, 6.45) is 4.79. The summed E-state index contributed by atoms with van der Waals surface area (Å²) in [5, 5.41) is 4.09. The van der Waals surface area contributed by atoms with Gasteiger partial charge in [0.1, 0.15) is 5.75 Å². The molecule has 3 heterocycles. The van der Waals surface area contributed by atoms with Crippen LogP contribution in [0.25, 0.3) is 0 Å². The summed E-state index contributed by atoms with van der Waals surface area (Å²) < 4.78 is 22.1.